The van der Waals surface area contributed by atoms with Gasteiger partial charge in [0.2, 0.25) is 0 Å². The van der Waals surface area contributed by atoms with Crippen LogP contribution in [0.15, 0.2) is 15.8 Å². The van der Waals surface area contributed by atoms with Crippen LogP contribution in [0.2, 0.25) is 0 Å². The van der Waals surface area contributed by atoms with Crippen LogP contribution in [0.5, 0.6) is 0 Å². The van der Waals surface area contributed by atoms with Crippen molar-refractivity contribution < 1.29 is 4.79 Å². The minimum Gasteiger partial charge on any atom is -0.365 e. The van der Waals surface area contributed by atoms with Gasteiger partial charge >= 0.3 is 5.69 Å². The highest BCUT2D eigenvalue weighted by Gasteiger charge is 2.08. The van der Waals surface area contributed by atoms with E-state index in [1.807, 2.05) is 11.9 Å². The van der Waals surface area contributed by atoms with Gasteiger partial charge in [0, 0.05) is 12.7 Å². The lowest BCUT2D eigenvalue weighted by Crippen LogP contribution is -2.35. The Balaban J connectivity index is 3.35. The lowest BCUT2D eigenvalue weighted by molar-refractivity contribution is 0.0998. The predicted octanol–water partition coefficient (Wildman–Crippen LogP) is -0.954. The summed E-state index contributed by atoms with van der Waals surface area (Å²) in [4.78, 5) is 35.0. The highest BCUT2D eigenvalue weighted by atomic mass is 16.2. The molecule has 0 saturated carbocycles. The molecule has 0 unspecified atom stereocenters. The number of hydrogen-bond acceptors (Lipinski definition) is 3. The van der Waals surface area contributed by atoms with Gasteiger partial charge in [-0.1, -0.05) is 6.92 Å². The zero-order valence-electron chi connectivity index (χ0n) is 7.74. The second-order valence-electron chi connectivity index (χ2n) is 2.86. The number of nitrogens with zero attached hydrogens (tertiary/aromatic N) is 1. The lowest BCUT2D eigenvalue weighted by Gasteiger charge is -2.03. The first-order valence-electron chi connectivity index (χ1n) is 4.19. The van der Waals surface area contributed by atoms with Crippen LogP contribution in [0.4, 0.5) is 0 Å². The topological polar surface area (TPSA) is 97.9 Å². The van der Waals surface area contributed by atoms with E-state index in [1.165, 1.54) is 10.8 Å². The van der Waals surface area contributed by atoms with Crippen LogP contribution >= 0.6 is 0 Å². The molecule has 14 heavy (non-hydrogen) atoms. The second-order valence-corrected chi connectivity index (χ2v) is 2.86. The molecule has 6 nitrogen and oxygen atoms in total. The van der Waals surface area contributed by atoms with Crippen molar-refractivity contribution in [3.05, 3.63) is 32.6 Å². The summed E-state index contributed by atoms with van der Waals surface area (Å²) in [5.74, 6) is -0.837. The molecule has 0 aromatic carbocycles. The van der Waals surface area contributed by atoms with Crippen molar-refractivity contribution in [2.45, 2.75) is 19.9 Å². The van der Waals surface area contributed by atoms with E-state index in [-0.39, 0.29) is 5.56 Å². The molecule has 0 aliphatic rings. The van der Waals surface area contributed by atoms with Crippen LogP contribution in [-0.4, -0.2) is 15.5 Å². The molecular weight excluding hydrogens is 186 g/mol. The number of H-pyrrole nitrogens is 1. The summed E-state index contributed by atoms with van der Waals surface area (Å²) >= 11 is 0. The summed E-state index contributed by atoms with van der Waals surface area (Å²) in [5, 5.41) is 0. The summed E-state index contributed by atoms with van der Waals surface area (Å²) < 4.78 is 1.25. The van der Waals surface area contributed by atoms with Crippen molar-refractivity contribution in [2.24, 2.45) is 5.73 Å². The van der Waals surface area contributed by atoms with Crippen LogP contribution in [0.1, 0.15) is 23.7 Å². The fourth-order valence-corrected chi connectivity index (χ4v) is 1.09. The number of aromatic amines is 1. The number of carbonyl (C=O) groups is 1. The normalized spacial score (nSPS) is 10.1. The van der Waals surface area contributed by atoms with Gasteiger partial charge in [-0.25, -0.2) is 4.79 Å². The molecule has 1 aromatic rings. The number of aryl methyl sites for hydroxylation is 1. The first-order valence-corrected chi connectivity index (χ1v) is 4.19. The van der Waals surface area contributed by atoms with Crippen molar-refractivity contribution in [3.63, 3.8) is 0 Å². The van der Waals surface area contributed by atoms with E-state index in [0.717, 1.165) is 6.42 Å². The number of carbonyl (C=O) groups excluding carboxylic acids is 1. The maximum Gasteiger partial charge on any atom is 0.328 e. The van der Waals surface area contributed by atoms with Crippen molar-refractivity contribution in [3.8, 4) is 0 Å². The number of rotatable bonds is 3. The molecule has 0 spiro atoms. The molecule has 0 saturated heterocycles. The van der Waals surface area contributed by atoms with Gasteiger partial charge in [0.1, 0.15) is 5.56 Å². The minimum absolute atomic E-state index is 0.196. The Morgan fingerprint density at radius 1 is 1.57 bits per heavy atom. The summed E-state index contributed by atoms with van der Waals surface area (Å²) in [5.41, 5.74) is 3.49. The second kappa shape index (κ2) is 3.91. The van der Waals surface area contributed by atoms with Gasteiger partial charge in [-0.05, 0) is 6.42 Å². The highest BCUT2D eigenvalue weighted by molar-refractivity contribution is 5.91. The van der Waals surface area contributed by atoms with Crippen LogP contribution in [0.25, 0.3) is 0 Å². The van der Waals surface area contributed by atoms with Crippen molar-refractivity contribution >= 4 is 5.91 Å². The molecule has 0 aliphatic heterocycles. The molecule has 0 radical (unpaired) electrons. The maximum absolute atomic E-state index is 11.2. The third-order valence-electron chi connectivity index (χ3n) is 1.74. The SMILES string of the molecule is CCCn1cc(C(N)=O)c(=O)[nH]c1=O. The summed E-state index contributed by atoms with van der Waals surface area (Å²) in [6.45, 7) is 2.32. The molecule has 6 heteroatoms. The minimum atomic E-state index is -0.837. The number of amides is 1. The third kappa shape index (κ3) is 1.90. The number of nitrogens with two attached hydrogens (primary N) is 1. The molecule has 0 aliphatic carbocycles. The molecule has 1 rings (SSSR count). The average molecular weight is 197 g/mol. The van der Waals surface area contributed by atoms with Crippen LogP contribution in [0.3, 0.4) is 0 Å². The van der Waals surface area contributed by atoms with Gasteiger partial charge in [0.05, 0.1) is 0 Å². The van der Waals surface area contributed by atoms with Crippen molar-refractivity contribution in [1.29, 1.82) is 0 Å². The highest BCUT2D eigenvalue weighted by Crippen LogP contribution is 1.88. The molecule has 1 amide bonds. The molecule has 0 bridgehead atoms. The van der Waals surface area contributed by atoms with Gasteiger partial charge in [-0.3, -0.25) is 19.1 Å². The lowest BCUT2D eigenvalue weighted by atomic mass is 10.3. The Labute approximate surface area is 79.4 Å². The van der Waals surface area contributed by atoms with E-state index in [9.17, 15) is 14.4 Å². The molecular formula is C8H11N3O3. The van der Waals surface area contributed by atoms with Gasteiger partial charge < -0.3 is 5.73 Å². The maximum atomic E-state index is 11.2. The Bertz CT molecular complexity index is 458. The van der Waals surface area contributed by atoms with Gasteiger partial charge in [0.15, 0.2) is 0 Å². The van der Waals surface area contributed by atoms with E-state index in [4.69, 9.17) is 5.73 Å². The Morgan fingerprint density at radius 3 is 2.71 bits per heavy atom. The first-order chi connectivity index (χ1) is 6.56. The summed E-state index contributed by atoms with van der Waals surface area (Å²) in [6, 6.07) is 0. The molecule has 1 aromatic heterocycles. The Morgan fingerprint density at radius 2 is 2.21 bits per heavy atom. The number of nitrogens with one attached hydrogen (secondary N) is 1. The number of hydrogen-bond donors (Lipinski definition) is 2. The van der Waals surface area contributed by atoms with E-state index < -0.39 is 17.2 Å². The zero-order chi connectivity index (χ0) is 10.7. The third-order valence-corrected chi connectivity index (χ3v) is 1.74. The Kier molecular flexibility index (Phi) is 2.85. The average Bonchev–Trinajstić information content (AvgIpc) is 2.09. The Hall–Kier alpha value is -1.85. The van der Waals surface area contributed by atoms with Crippen LogP contribution in [-0.2, 0) is 6.54 Å². The first kappa shape index (κ1) is 10.2. The number of primary amides is 1. The molecule has 1 heterocycles. The number of aromatic nitrogens is 2. The van der Waals surface area contributed by atoms with Gasteiger partial charge in [-0.2, -0.15) is 0 Å². The predicted molar refractivity (Wildman–Crippen MR) is 50.1 cm³/mol. The van der Waals surface area contributed by atoms with E-state index >= 15 is 0 Å². The molecule has 3 N–H and O–H groups in total. The van der Waals surface area contributed by atoms with Crippen molar-refractivity contribution in [1.82, 2.24) is 9.55 Å². The van der Waals surface area contributed by atoms with E-state index in [0.29, 0.717) is 6.54 Å². The van der Waals surface area contributed by atoms with Crippen LogP contribution in [0, 0.1) is 0 Å². The smallest absolute Gasteiger partial charge is 0.328 e. The standard InChI is InChI=1S/C8H11N3O3/c1-2-3-11-4-5(6(9)12)7(13)10-8(11)14/h4H,2-3H2,1H3,(H2,9,12)(H,10,13,14). The monoisotopic (exact) mass is 197 g/mol. The van der Waals surface area contributed by atoms with E-state index in [2.05, 4.69) is 0 Å². The van der Waals surface area contributed by atoms with Crippen LogP contribution < -0.4 is 17.0 Å². The van der Waals surface area contributed by atoms with Gasteiger partial charge in [-0.15, -0.1) is 0 Å². The molecule has 76 valence electrons. The molecule has 0 atom stereocenters. The summed E-state index contributed by atoms with van der Waals surface area (Å²) in [6.07, 6.45) is 1.91. The fraction of sp³-hybridized carbons (Fsp3) is 0.375. The summed E-state index contributed by atoms with van der Waals surface area (Å²) in [7, 11) is 0. The largest absolute Gasteiger partial charge is 0.365 e. The van der Waals surface area contributed by atoms with E-state index in [1.54, 1.807) is 0 Å². The van der Waals surface area contributed by atoms with Crippen molar-refractivity contribution in [2.75, 3.05) is 0 Å². The fourth-order valence-electron chi connectivity index (χ4n) is 1.09. The quantitative estimate of drug-likeness (QED) is 0.653. The van der Waals surface area contributed by atoms with Gasteiger partial charge in [0.25, 0.3) is 11.5 Å². The zero-order valence-corrected chi connectivity index (χ0v) is 7.74. The molecule has 0 fully saturated rings.